The van der Waals surface area contributed by atoms with Gasteiger partial charge in [0.1, 0.15) is 60.2 Å². The number of imidazole rings is 2. The minimum atomic E-state index is -4.46. The third kappa shape index (κ3) is 20.1. The fraction of sp³-hybridized carbons (Fsp3) is 0.338. The number of carbonyl (C=O) groups excluding carboxylic acids is 2. The van der Waals surface area contributed by atoms with Gasteiger partial charge in [0, 0.05) is 22.0 Å². The van der Waals surface area contributed by atoms with E-state index in [0.717, 1.165) is 33.7 Å². The summed E-state index contributed by atoms with van der Waals surface area (Å²) in [5, 5.41) is 39.1. The SMILES string of the molecule is COc1nc(N)nc2c1ncn2[C@@H]1O[C@H](CO)[C@H](F)[C@@]1(C)O.COc1nc(N)nc2c1ncn2[C@@H]1O[C@H](COP(=O)(N[C@@H](C)C(=O)OCc2ccccc2)Oc2cccc3ccccc23)[C@H](F)[C@@]1(C)O.C[C@H](NP(=O)(Cl)Oc1cccc2ccccc12)C(=O)OCc1ccccc1.[CH2-]CCC.[Cl-].[Mg+2]. The standard InChI is InChI=1S/C32H34FN6O8P.C20H19ClNO4P.C12H16FN5O4.C4H9.ClH.Mg/c1-19(29(40)44-16-20-10-5-4-6-11-20)38-48(42,47-23-15-9-13-21-12-7-8-14-22(21)23)45-17-24-26(33)32(2,41)30(46-24)39-18-35-25-27(39)36-31(34)37-28(25)43-3;1-15(20(23)25-14-16-8-3-2-4-9-16)22-27(21,24)26-19-13-7-11-17-10-5-6-12-18(17)19;1-12(20)7(13)5(3-19)22-10(12)18-4-15-6-8(18)16-11(14)17-9(6)21-2;1-3-4-2;;/h4-15,18-19,24,26,30,41H,16-17H2,1-3H3,(H,38,42)(H2,34,36,37);2-13,15H,14H2,1H3,(H,22,24);4-5,7,10,19-20H,3H2,1-2H3,(H2,14,16,17);1,3-4H2,2H3;1H;/q;;;-1;;+2/p-1/t19-,24+,26-,30+,32+,48?;15-,27?;5-,7+,10-,12-;;;/m001.../s1. The zero-order valence-corrected chi connectivity index (χ0v) is 61.8. The van der Waals surface area contributed by atoms with Gasteiger partial charge in [0.2, 0.25) is 23.7 Å². The first-order valence-corrected chi connectivity index (χ1v) is 35.7. The van der Waals surface area contributed by atoms with Crippen LogP contribution in [-0.2, 0) is 55.4 Å². The van der Waals surface area contributed by atoms with Gasteiger partial charge in [0.05, 0.1) is 40.1 Å². The van der Waals surface area contributed by atoms with Gasteiger partial charge in [-0.15, -0.1) is 0 Å². The van der Waals surface area contributed by atoms with Crippen LogP contribution in [0.25, 0.3) is 43.9 Å². The fourth-order valence-electron chi connectivity index (χ4n) is 10.5. The number of nitrogens with zero attached hydrogens (tertiary/aromatic N) is 8. The van der Waals surface area contributed by atoms with Crippen LogP contribution in [0.5, 0.6) is 23.3 Å². The number of nitrogen functional groups attached to an aromatic ring is 2. The third-order valence-electron chi connectivity index (χ3n) is 15.8. The molecule has 4 aromatic heterocycles. The van der Waals surface area contributed by atoms with E-state index in [4.69, 9.17) is 69.8 Å². The number of methoxy groups -OCH3 is 2. The van der Waals surface area contributed by atoms with Crippen LogP contribution in [0.4, 0.5) is 20.7 Å². The number of benzene rings is 6. The number of esters is 2. The molecule has 12 rings (SSSR count). The van der Waals surface area contributed by atoms with Crippen LogP contribution in [0.1, 0.15) is 71.0 Å². The molecule has 12 atom stereocenters. The maximum Gasteiger partial charge on any atom is 2.00 e. The number of alkyl halides is 2. The van der Waals surface area contributed by atoms with Crippen molar-refractivity contribution in [1.29, 1.82) is 0 Å². The van der Waals surface area contributed by atoms with E-state index in [1.165, 1.54) is 70.1 Å². The Hall–Kier alpha value is -7.97. The van der Waals surface area contributed by atoms with Gasteiger partial charge in [0.15, 0.2) is 47.1 Å². The van der Waals surface area contributed by atoms with E-state index >= 15 is 4.39 Å². The molecule has 35 heteroatoms. The Morgan fingerprint density at radius 2 is 1.05 bits per heavy atom. The Morgan fingerprint density at radius 3 is 1.48 bits per heavy atom. The second-order valence-electron chi connectivity index (χ2n) is 23.5. The van der Waals surface area contributed by atoms with Gasteiger partial charge in [-0.25, -0.2) is 33.0 Å². The molecule has 0 spiro atoms. The smallest absolute Gasteiger partial charge is 1.00 e. The number of nitrogens with one attached hydrogen (secondary N) is 2. The van der Waals surface area contributed by atoms with Gasteiger partial charge in [-0.2, -0.15) is 31.4 Å². The number of halogens is 4. The van der Waals surface area contributed by atoms with Crippen LogP contribution in [-0.4, -0.2) is 165 Å². The fourth-order valence-corrected chi connectivity index (χ4v) is 13.8. The van der Waals surface area contributed by atoms with E-state index in [-0.39, 0.29) is 94.9 Å². The van der Waals surface area contributed by atoms with Crippen molar-refractivity contribution in [3.63, 3.8) is 0 Å². The van der Waals surface area contributed by atoms with Gasteiger partial charge in [-0.1, -0.05) is 147 Å². The molecule has 0 amide bonds. The van der Waals surface area contributed by atoms with Crippen LogP contribution >= 0.6 is 25.9 Å². The number of aliphatic hydroxyl groups excluding tert-OH is 1. The Bertz CT molecular complexity index is 4550. The van der Waals surface area contributed by atoms with Crippen molar-refractivity contribution < 1.29 is 97.2 Å². The Balaban J connectivity index is 0.000000228. The van der Waals surface area contributed by atoms with E-state index < -0.39 is 100 Å². The van der Waals surface area contributed by atoms with E-state index in [0.29, 0.717) is 16.7 Å². The van der Waals surface area contributed by atoms with Crippen LogP contribution in [0.3, 0.4) is 0 Å². The number of aromatic nitrogens is 8. The predicted molar refractivity (Wildman–Crippen MR) is 378 cm³/mol. The number of unbranched alkanes of at least 4 members (excludes halogenated alkanes) is 1. The minimum Gasteiger partial charge on any atom is -1.00 e. The van der Waals surface area contributed by atoms with E-state index in [1.54, 1.807) is 48.5 Å². The maximum absolute atomic E-state index is 15.9. The van der Waals surface area contributed by atoms with Gasteiger partial charge < -0.3 is 83.6 Å². The zero-order chi connectivity index (χ0) is 72.8. The predicted octanol–water partition coefficient (Wildman–Crippen LogP) is 7.41. The molecule has 546 valence electrons. The largest absolute Gasteiger partial charge is 2.00 e. The van der Waals surface area contributed by atoms with Crippen LogP contribution < -0.4 is 52.6 Å². The minimum absolute atomic E-state index is 0. The topological polar surface area (TPSA) is 375 Å². The van der Waals surface area contributed by atoms with Crippen molar-refractivity contribution in [2.45, 2.75) is 121 Å². The van der Waals surface area contributed by atoms with Gasteiger partial charge >= 0.3 is 49.6 Å². The van der Waals surface area contributed by atoms with E-state index in [9.17, 15) is 33.3 Å². The molecule has 6 heterocycles. The molecule has 28 nitrogen and oxygen atoms in total. The summed E-state index contributed by atoms with van der Waals surface area (Å²) in [6, 6.07) is 41.6. The summed E-state index contributed by atoms with van der Waals surface area (Å²) in [6.45, 7) is 6.31. The molecule has 0 saturated carbocycles. The van der Waals surface area contributed by atoms with Gasteiger partial charge in [-0.05, 0) is 61.7 Å². The van der Waals surface area contributed by atoms with Crippen molar-refractivity contribution in [1.82, 2.24) is 49.2 Å². The number of anilines is 2. The number of hydrogen-bond donors (Lipinski definition) is 7. The van der Waals surface area contributed by atoms with Gasteiger partial charge in [-0.3, -0.25) is 23.2 Å². The quantitative estimate of drug-likeness (QED) is 0.0142. The number of fused-ring (bicyclic) bond motifs is 4. The second-order valence-corrected chi connectivity index (χ2v) is 27.9. The summed E-state index contributed by atoms with van der Waals surface area (Å²) in [5.41, 5.74) is 9.96. The average molecular weight is 1510 g/mol. The van der Waals surface area contributed by atoms with Crippen molar-refractivity contribution in [3.05, 3.63) is 176 Å². The molecule has 2 aliphatic rings. The average Bonchev–Trinajstić information content (AvgIpc) is 1.61. The maximum atomic E-state index is 15.9. The number of carbonyl (C=O) groups is 2. The van der Waals surface area contributed by atoms with E-state index in [2.05, 4.69) is 53.9 Å². The molecule has 2 saturated heterocycles. The molecule has 2 aliphatic heterocycles. The van der Waals surface area contributed by atoms with E-state index in [1.807, 2.05) is 97.1 Å². The molecule has 9 N–H and O–H groups in total. The second kappa shape index (κ2) is 36.6. The molecule has 0 radical (unpaired) electrons. The normalized spacial score (nSPS) is 21.4. The van der Waals surface area contributed by atoms with Crippen molar-refractivity contribution in [2.75, 3.05) is 38.9 Å². The molecule has 0 aliphatic carbocycles. The summed E-state index contributed by atoms with van der Waals surface area (Å²) in [6.07, 6.45) is -3.98. The number of rotatable bonds is 23. The molecule has 0 bridgehead atoms. The molecule has 6 aromatic carbocycles. The Kier molecular flexibility index (Phi) is 29.3. The first-order valence-electron chi connectivity index (χ1n) is 31.6. The van der Waals surface area contributed by atoms with Crippen LogP contribution in [0, 0.1) is 6.92 Å². The first kappa shape index (κ1) is 82.3. The number of nitrogens with two attached hydrogens (primary N) is 2. The van der Waals surface area contributed by atoms with Crippen molar-refractivity contribution in [2.24, 2.45) is 0 Å². The Morgan fingerprint density at radius 1 is 0.650 bits per heavy atom. The summed E-state index contributed by atoms with van der Waals surface area (Å²) >= 11 is 6.04. The molecular formula is C68H78Cl2F2MgN12O16P2. The summed E-state index contributed by atoms with van der Waals surface area (Å²) in [7, 11) is -1.68. The summed E-state index contributed by atoms with van der Waals surface area (Å²) in [4.78, 5) is 49.5. The molecule has 2 fully saturated rings. The Labute approximate surface area is 618 Å². The molecular weight excluding hydrogens is 1440 g/mol. The summed E-state index contributed by atoms with van der Waals surface area (Å²) < 4.78 is 109. The van der Waals surface area contributed by atoms with Crippen LogP contribution in [0.15, 0.2) is 158 Å². The van der Waals surface area contributed by atoms with Gasteiger partial charge in [0.25, 0.3) is 0 Å². The number of hydrogen-bond acceptors (Lipinski definition) is 24. The van der Waals surface area contributed by atoms with Crippen LogP contribution in [0.2, 0.25) is 0 Å². The molecule has 103 heavy (non-hydrogen) atoms. The molecule has 2 unspecified atom stereocenters. The number of aliphatic hydroxyl groups is 3. The van der Waals surface area contributed by atoms with Crippen molar-refractivity contribution >= 4 is 117 Å². The zero-order valence-electron chi connectivity index (χ0n) is 57.1. The number of ether oxygens (including phenoxy) is 6. The monoisotopic (exact) mass is 1510 g/mol. The summed E-state index contributed by atoms with van der Waals surface area (Å²) in [5.74, 6) is -0.669. The third-order valence-corrected chi connectivity index (χ3v) is 19.1. The van der Waals surface area contributed by atoms with Crippen molar-refractivity contribution in [3.8, 4) is 23.3 Å². The first-order chi connectivity index (χ1) is 48.2. The molecule has 10 aromatic rings.